The Morgan fingerprint density at radius 3 is 2.19 bits per heavy atom. The molecule has 0 fully saturated rings. The maximum absolute atomic E-state index is 11.3. The maximum atomic E-state index is 11.3. The molecule has 1 rings (SSSR count). The smallest absolute Gasteiger partial charge is 0.306 e. The Kier molecular flexibility index (Phi) is 8.12. The molecule has 0 unspecified atom stereocenters. The SMILES string of the molecule is COC(=O)CCCN(CCC(=O)OC)Cc1ccccc1. The summed E-state index contributed by atoms with van der Waals surface area (Å²) in [6.07, 6.45) is 1.45. The van der Waals surface area contributed by atoms with Crippen LogP contribution in [0.15, 0.2) is 30.3 Å². The largest absolute Gasteiger partial charge is 0.469 e. The third-order valence-electron chi connectivity index (χ3n) is 3.19. The van der Waals surface area contributed by atoms with E-state index in [1.54, 1.807) is 0 Å². The molecule has 0 aliphatic rings. The van der Waals surface area contributed by atoms with E-state index in [1.165, 1.54) is 19.8 Å². The number of carbonyl (C=O) groups is 2. The first-order chi connectivity index (χ1) is 10.2. The molecule has 21 heavy (non-hydrogen) atoms. The molecule has 0 atom stereocenters. The van der Waals surface area contributed by atoms with Crippen molar-refractivity contribution in [3.63, 3.8) is 0 Å². The molecule has 0 heterocycles. The number of rotatable bonds is 9. The van der Waals surface area contributed by atoms with Crippen LogP contribution in [0.4, 0.5) is 0 Å². The topological polar surface area (TPSA) is 55.8 Å². The Labute approximate surface area is 125 Å². The predicted octanol–water partition coefficient (Wildman–Crippen LogP) is 2.00. The van der Waals surface area contributed by atoms with Crippen LogP contribution in [-0.2, 0) is 25.6 Å². The summed E-state index contributed by atoms with van der Waals surface area (Å²) in [6.45, 7) is 2.10. The lowest BCUT2D eigenvalue weighted by Gasteiger charge is -2.21. The highest BCUT2D eigenvalue weighted by Crippen LogP contribution is 2.07. The number of hydrogen-bond donors (Lipinski definition) is 0. The minimum Gasteiger partial charge on any atom is -0.469 e. The second kappa shape index (κ2) is 9.94. The highest BCUT2D eigenvalue weighted by atomic mass is 16.5. The van der Waals surface area contributed by atoms with Gasteiger partial charge in [-0.2, -0.15) is 0 Å². The highest BCUT2D eigenvalue weighted by molar-refractivity contribution is 5.69. The van der Waals surface area contributed by atoms with Gasteiger partial charge in [0.15, 0.2) is 0 Å². The molecule has 5 heteroatoms. The van der Waals surface area contributed by atoms with Crippen LogP contribution in [0.5, 0.6) is 0 Å². The third kappa shape index (κ3) is 7.46. The van der Waals surface area contributed by atoms with Gasteiger partial charge in [-0.15, -0.1) is 0 Å². The number of carbonyl (C=O) groups excluding carboxylic acids is 2. The summed E-state index contributed by atoms with van der Waals surface area (Å²) in [4.78, 5) is 24.6. The van der Waals surface area contributed by atoms with E-state index in [1.807, 2.05) is 30.3 Å². The standard InChI is InChI=1S/C16H23NO4/c1-20-15(18)9-6-11-17(12-10-16(19)21-2)13-14-7-4-3-5-8-14/h3-5,7-8H,6,9-13H2,1-2H3. The van der Waals surface area contributed by atoms with Gasteiger partial charge in [0, 0.05) is 19.5 Å². The van der Waals surface area contributed by atoms with E-state index in [-0.39, 0.29) is 11.9 Å². The van der Waals surface area contributed by atoms with Gasteiger partial charge in [0.05, 0.1) is 20.6 Å². The lowest BCUT2D eigenvalue weighted by Crippen LogP contribution is -2.28. The quantitative estimate of drug-likeness (QED) is 0.652. The van der Waals surface area contributed by atoms with Crippen molar-refractivity contribution in [3.8, 4) is 0 Å². The second-order valence-electron chi connectivity index (χ2n) is 4.77. The van der Waals surface area contributed by atoms with Gasteiger partial charge in [-0.05, 0) is 18.5 Å². The Balaban J connectivity index is 2.48. The first-order valence-electron chi connectivity index (χ1n) is 7.05. The molecule has 0 bridgehead atoms. The lowest BCUT2D eigenvalue weighted by atomic mass is 10.2. The van der Waals surface area contributed by atoms with Crippen LogP contribution in [0.3, 0.4) is 0 Å². The summed E-state index contributed by atoms with van der Waals surface area (Å²) in [6, 6.07) is 10.0. The molecule has 0 saturated carbocycles. The molecule has 0 N–H and O–H groups in total. The minimum absolute atomic E-state index is 0.206. The number of esters is 2. The molecule has 116 valence electrons. The fourth-order valence-corrected chi connectivity index (χ4v) is 2.01. The Morgan fingerprint density at radius 1 is 0.952 bits per heavy atom. The second-order valence-corrected chi connectivity index (χ2v) is 4.77. The number of hydrogen-bond acceptors (Lipinski definition) is 5. The summed E-state index contributed by atoms with van der Waals surface area (Å²) in [7, 11) is 2.78. The number of benzene rings is 1. The van der Waals surface area contributed by atoms with Gasteiger partial charge in [-0.1, -0.05) is 30.3 Å². The van der Waals surface area contributed by atoms with Crippen molar-refractivity contribution < 1.29 is 19.1 Å². The first-order valence-corrected chi connectivity index (χ1v) is 7.05. The van der Waals surface area contributed by atoms with Crippen LogP contribution in [0, 0.1) is 0 Å². The highest BCUT2D eigenvalue weighted by Gasteiger charge is 2.10. The van der Waals surface area contributed by atoms with Gasteiger partial charge in [0.25, 0.3) is 0 Å². The average molecular weight is 293 g/mol. The average Bonchev–Trinajstić information content (AvgIpc) is 2.52. The third-order valence-corrected chi connectivity index (χ3v) is 3.19. The molecule has 0 spiro atoms. The number of methoxy groups -OCH3 is 2. The van der Waals surface area contributed by atoms with Crippen LogP contribution in [0.2, 0.25) is 0 Å². The molecule has 0 aliphatic heterocycles. The van der Waals surface area contributed by atoms with Crippen molar-refractivity contribution in [1.82, 2.24) is 4.90 Å². The van der Waals surface area contributed by atoms with Gasteiger partial charge in [0.1, 0.15) is 0 Å². The van der Waals surface area contributed by atoms with Gasteiger partial charge >= 0.3 is 11.9 Å². The van der Waals surface area contributed by atoms with Crippen molar-refractivity contribution in [2.75, 3.05) is 27.3 Å². The van der Waals surface area contributed by atoms with E-state index in [9.17, 15) is 9.59 Å². The Hall–Kier alpha value is -1.88. The summed E-state index contributed by atoms with van der Waals surface area (Å²) >= 11 is 0. The van der Waals surface area contributed by atoms with Crippen LogP contribution >= 0.6 is 0 Å². The molecule has 5 nitrogen and oxygen atoms in total. The molecule has 0 amide bonds. The zero-order chi connectivity index (χ0) is 15.5. The monoisotopic (exact) mass is 293 g/mol. The molecule has 1 aromatic rings. The van der Waals surface area contributed by atoms with Gasteiger partial charge in [0.2, 0.25) is 0 Å². The van der Waals surface area contributed by atoms with Crippen LogP contribution in [0.25, 0.3) is 0 Å². The zero-order valence-electron chi connectivity index (χ0n) is 12.7. The Bertz CT molecular complexity index is 433. The lowest BCUT2D eigenvalue weighted by molar-refractivity contribution is -0.142. The first kappa shape index (κ1) is 17.2. The molecule has 0 aliphatic carbocycles. The van der Waals surface area contributed by atoms with E-state index in [0.29, 0.717) is 25.8 Å². The van der Waals surface area contributed by atoms with Crippen LogP contribution < -0.4 is 0 Å². The molecular weight excluding hydrogens is 270 g/mol. The number of nitrogens with zero attached hydrogens (tertiary/aromatic N) is 1. The van der Waals surface area contributed by atoms with E-state index >= 15 is 0 Å². The van der Waals surface area contributed by atoms with Gasteiger partial charge in [-0.3, -0.25) is 14.5 Å². The summed E-state index contributed by atoms with van der Waals surface area (Å²) < 4.78 is 9.31. The molecular formula is C16H23NO4. The fourth-order valence-electron chi connectivity index (χ4n) is 2.01. The zero-order valence-corrected chi connectivity index (χ0v) is 12.7. The van der Waals surface area contributed by atoms with Crippen LogP contribution in [-0.4, -0.2) is 44.1 Å². The molecule has 0 radical (unpaired) electrons. The summed E-state index contributed by atoms with van der Waals surface area (Å²) in [5.74, 6) is -0.427. The van der Waals surface area contributed by atoms with Crippen molar-refractivity contribution in [3.05, 3.63) is 35.9 Å². The minimum atomic E-state index is -0.221. The van der Waals surface area contributed by atoms with Gasteiger partial charge in [-0.25, -0.2) is 0 Å². The van der Waals surface area contributed by atoms with E-state index in [0.717, 1.165) is 13.1 Å². The van der Waals surface area contributed by atoms with Crippen molar-refractivity contribution in [2.45, 2.75) is 25.8 Å². The summed E-state index contributed by atoms with van der Waals surface area (Å²) in [5.41, 5.74) is 1.18. The molecule has 0 aromatic heterocycles. The van der Waals surface area contributed by atoms with E-state index in [4.69, 9.17) is 0 Å². The van der Waals surface area contributed by atoms with Crippen molar-refractivity contribution in [2.24, 2.45) is 0 Å². The van der Waals surface area contributed by atoms with Crippen molar-refractivity contribution >= 4 is 11.9 Å². The molecule has 1 aromatic carbocycles. The predicted molar refractivity (Wildman–Crippen MR) is 79.6 cm³/mol. The van der Waals surface area contributed by atoms with Crippen molar-refractivity contribution in [1.29, 1.82) is 0 Å². The molecule has 0 saturated heterocycles. The van der Waals surface area contributed by atoms with Crippen LogP contribution in [0.1, 0.15) is 24.8 Å². The van der Waals surface area contributed by atoms with E-state index < -0.39 is 0 Å². The van der Waals surface area contributed by atoms with E-state index in [2.05, 4.69) is 14.4 Å². The van der Waals surface area contributed by atoms with Gasteiger partial charge < -0.3 is 9.47 Å². The Morgan fingerprint density at radius 2 is 1.57 bits per heavy atom. The maximum Gasteiger partial charge on any atom is 0.306 e. The fraction of sp³-hybridized carbons (Fsp3) is 0.500. The normalized spacial score (nSPS) is 10.4. The summed E-state index contributed by atoms with van der Waals surface area (Å²) in [5, 5.41) is 0. The number of ether oxygens (including phenoxy) is 2.